The SMILES string of the molecule is CCn1c(C(=O)Nc2ccc(S(N)(=O)=O)cc2)cc2ccccc21. The van der Waals surface area contributed by atoms with Crippen LogP contribution in [0.2, 0.25) is 0 Å². The first-order valence-corrected chi connectivity index (χ1v) is 8.97. The van der Waals surface area contributed by atoms with E-state index in [9.17, 15) is 13.2 Å². The van der Waals surface area contributed by atoms with Gasteiger partial charge >= 0.3 is 0 Å². The molecule has 3 N–H and O–H groups in total. The molecule has 7 heteroatoms. The maximum atomic E-state index is 12.6. The molecule has 0 aliphatic carbocycles. The monoisotopic (exact) mass is 343 g/mol. The second-order valence-corrected chi connectivity index (χ2v) is 6.92. The maximum Gasteiger partial charge on any atom is 0.272 e. The molecule has 0 fully saturated rings. The third-order valence-electron chi connectivity index (χ3n) is 3.80. The highest BCUT2D eigenvalue weighted by molar-refractivity contribution is 7.89. The molecule has 24 heavy (non-hydrogen) atoms. The zero-order chi connectivity index (χ0) is 17.3. The van der Waals surface area contributed by atoms with Crippen LogP contribution < -0.4 is 10.5 Å². The average Bonchev–Trinajstić information content (AvgIpc) is 2.93. The van der Waals surface area contributed by atoms with Crippen LogP contribution in [0.3, 0.4) is 0 Å². The second kappa shape index (κ2) is 6.10. The number of sulfonamides is 1. The van der Waals surface area contributed by atoms with E-state index >= 15 is 0 Å². The van der Waals surface area contributed by atoms with Gasteiger partial charge in [-0.3, -0.25) is 4.79 Å². The number of rotatable bonds is 4. The molecule has 0 unspecified atom stereocenters. The van der Waals surface area contributed by atoms with Gasteiger partial charge in [-0.05, 0) is 43.3 Å². The number of amides is 1. The van der Waals surface area contributed by atoms with Gasteiger partial charge in [0.25, 0.3) is 5.91 Å². The van der Waals surface area contributed by atoms with E-state index in [1.807, 2.05) is 41.8 Å². The van der Waals surface area contributed by atoms with Gasteiger partial charge in [0.1, 0.15) is 5.69 Å². The fourth-order valence-corrected chi connectivity index (χ4v) is 3.18. The predicted molar refractivity (Wildman–Crippen MR) is 93.4 cm³/mol. The minimum atomic E-state index is -3.75. The summed E-state index contributed by atoms with van der Waals surface area (Å²) in [7, 11) is -3.75. The summed E-state index contributed by atoms with van der Waals surface area (Å²) in [5, 5.41) is 8.83. The van der Waals surface area contributed by atoms with Gasteiger partial charge in [-0.1, -0.05) is 18.2 Å². The first-order chi connectivity index (χ1) is 11.4. The molecular weight excluding hydrogens is 326 g/mol. The Bertz CT molecular complexity index is 1010. The van der Waals surface area contributed by atoms with Crippen LogP contribution in [0.25, 0.3) is 10.9 Å². The number of nitrogens with two attached hydrogens (primary N) is 1. The van der Waals surface area contributed by atoms with Gasteiger partial charge in [-0.15, -0.1) is 0 Å². The van der Waals surface area contributed by atoms with Gasteiger partial charge in [-0.2, -0.15) is 0 Å². The van der Waals surface area contributed by atoms with Crippen molar-refractivity contribution in [3.8, 4) is 0 Å². The number of hydrogen-bond donors (Lipinski definition) is 2. The van der Waals surface area contributed by atoms with E-state index in [1.54, 1.807) is 0 Å². The van der Waals surface area contributed by atoms with Gasteiger partial charge in [-0.25, -0.2) is 13.6 Å². The third kappa shape index (κ3) is 3.04. The van der Waals surface area contributed by atoms with Crippen molar-refractivity contribution >= 4 is 32.5 Å². The van der Waals surface area contributed by atoms with E-state index in [-0.39, 0.29) is 10.8 Å². The molecule has 0 spiro atoms. The van der Waals surface area contributed by atoms with Crippen LogP contribution in [0.4, 0.5) is 5.69 Å². The van der Waals surface area contributed by atoms with Crippen LogP contribution in [-0.2, 0) is 16.6 Å². The number of carbonyl (C=O) groups excluding carboxylic acids is 1. The van der Waals surface area contributed by atoms with E-state index in [0.717, 1.165) is 10.9 Å². The molecule has 0 atom stereocenters. The Balaban J connectivity index is 1.90. The van der Waals surface area contributed by atoms with Crippen LogP contribution in [0, 0.1) is 0 Å². The number of anilines is 1. The largest absolute Gasteiger partial charge is 0.337 e. The highest BCUT2D eigenvalue weighted by Gasteiger charge is 2.15. The molecule has 1 aromatic heterocycles. The van der Waals surface area contributed by atoms with E-state index in [4.69, 9.17) is 5.14 Å². The zero-order valence-electron chi connectivity index (χ0n) is 13.1. The van der Waals surface area contributed by atoms with Crippen LogP contribution in [-0.4, -0.2) is 18.9 Å². The van der Waals surface area contributed by atoms with Gasteiger partial charge in [0.2, 0.25) is 10.0 Å². The minimum absolute atomic E-state index is 0.00294. The molecule has 0 saturated heterocycles. The van der Waals surface area contributed by atoms with Crippen molar-refractivity contribution in [2.75, 3.05) is 5.32 Å². The van der Waals surface area contributed by atoms with E-state index in [0.29, 0.717) is 17.9 Å². The van der Waals surface area contributed by atoms with Crippen LogP contribution in [0.1, 0.15) is 17.4 Å². The van der Waals surface area contributed by atoms with Gasteiger partial charge in [0.15, 0.2) is 0 Å². The molecular formula is C17H17N3O3S. The number of nitrogens with zero attached hydrogens (tertiary/aromatic N) is 1. The molecule has 2 aromatic carbocycles. The molecule has 3 aromatic rings. The van der Waals surface area contributed by atoms with Crippen LogP contribution in [0.15, 0.2) is 59.5 Å². The molecule has 0 bridgehead atoms. The summed E-state index contributed by atoms with van der Waals surface area (Å²) in [5.41, 5.74) is 2.05. The first kappa shape index (κ1) is 16.2. The van der Waals surface area contributed by atoms with Crippen molar-refractivity contribution in [2.24, 2.45) is 5.14 Å². The van der Waals surface area contributed by atoms with Crippen molar-refractivity contribution in [3.05, 3.63) is 60.3 Å². The number of fused-ring (bicyclic) bond motifs is 1. The van der Waals surface area contributed by atoms with Crippen molar-refractivity contribution in [3.63, 3.8) is 0 Å². The fraction of sp³-hybridized carbons (Fsp3) is 0.118. The van der Waals surface area contributed by atoms with Crippen molar-refractivity contribution < 1.29 is 13.2 Å². The Hall–Kier alpha value is -2.64. The van der Waals surface area contributed by atoms with Gasteiger partial charge < -0.3 is 9.88 Å². The molecule has 0 aliphatic rings. The Kier molecular flexibility index (Phi) is 4.13. The highest BCUT2D eigenvalue weighted by Crippen LogP contribution is 2.21. The lowest BCUT2D eigenvalue weighted by atomic mass is 10.2. The standard InChI is InChI=1S/C17H17N3O3S/c1-2-20-15-6-4-3-5-12(15)11-16(20)17(21)19-13-7-9-14(10-8-13)24(18,22)23/h3-11H,2H2,1H3,(H,19,21)(H2,18,22,23). The summed E-state index contributed by atoms with van der Waals surface area (Å²) in [5.74, 6) is -0.253. The lowest BCUT2D eigenvalue weighted by molar-refractivity contribution is 0.101. The molecule has 0 aliphatic heterocycles. The summed E-state index contributed by atoms with van der Waals surface area (Å²) < 4.78 is 24.4. The van der Waals surface area contributed by atoms with Crippen LogP contribution in [0.5, 0.6) is 0 Å². The van der Waals surface area contributed by atoms with Crippen molar-refractivity contribution in [1.82, 2.24) is 4.57 Å². The molecule has 0 saturated carbocycles. The molecule has 1 amide bonds. The molecule has 3 rings (SSSR count). The Morgan fingerprint density at radius 3 is 2.42 bits per heavy atom. The Labute approximate surface area is 139 Å². The summed E-state index contributed by atoms with van der Waals surface area (Å²) in [6.07, 6.45) is 0. The van der Waals surface area contributed by atoms with E-state index in [2.05, 4.69) is 5.32 Å². The second-order valence-electron chi connectivity index (χ2n) is 5.36. The number of hydrogen-bond acceptors (Lipinski definition) is 3. The normalized spacial score (nSPS) is 11.6. The Morgan fingerprint density at radius 1 is 1.12 bits per heavy atom. The topological polar surface area (TPSA) is 94.2 Å². The summed E-state index contributed by atoms with van der Waals surface area (Å²) in [4.78, 5) is 12.6. The molecule has 124 valence electrons. The third-order valence-corrected chi connectivity index (χ3v) is 4.73. The van der Waals surface area contributed by atoms with Crippen LogP contribution >= 0.6 is 0 Å². The zero-order valence-corrected chi connectivity index (χ0v) is 13.9. The van der Waals surface area contributed by atoms with Gasteiger partial charge in [0.05, 0.1) is 4.90 Å². The number of nitrogens with one attached hydrogen (secondary N) is 1. The number of aromatic nitrogens is 1. The number of benzene rings is 2. The molecule has 0 radical (unpaired) electrons. The number of primary sulfonamides is 1. The van der Waals surface area contributed by atoms with E-state index < -0.39 is 10.0 Å². The number of para-hydroxylation sites is 1. The predicted octanol–water partition coefficient (Wildman–Crippen LogP) is 2.56. The quantitative estimate of drug-likeness (QED) is 0.762. The number of aryl methyl sites for hydroxylation is 1. The molecule has 1 heterocycles. The smallest absolute Gasteiger partial charge is 0.272 e. The first-order valence-electron chi connectivity index (χ1n) is 7.42. The van der Waals surface area contributed by atoms with Crippen molar-refractivity contribution in [1.29, 1.82) is 0 Å². The lowest BCUT2D eigenvalue weighted by Crippen LogP contribution is -2.17. The average molecular weight is 343 g/mol. The van der Waals surface area contributed by atoms with Gasteiger partial charge in [0, 0.05) is 23.1 Å². The fourth-order valence-electron chi connectivity index (χ4n) is 2.66. The summed E-state index contributed by atoms with van der Waals surface area (Å²) in [6, 6.07) is 15.4. The highest BCUT2D eigenvalue weighted by atomic mass is 32.2. The van der Waals surface area contributed by atoms with Crippen molar-refractivity contribution in [2.45, 2.75) is 18.4 Å². The van der Waals surface area contributed by atoms with E-state index in [1.165, 1.54) is 24.3 Å². The molecule has 6 nitrogen and oxygen atoms in total. The summed E-state index contributed by atoms with van der Waals surface area (Å²) >= 11 is 0. The minimum Gasteiger partial charge on any atom is -0.337 e. The number of carbonyl (C=O) groups is 1. The maximum absolute atomic E-state index is 12.6. The lowest BCUT2D eigenvalue weighted by Gasteiger charge is -2.09. The summed E-state index contributed by atoms with van der Waals surface area (Å²) in [6.45, 7) is 2.64. The Morgan fingerprint density at radius 2 is 1.79 bits per heavy atom.